The largest absolute Gasteiger partial charge is 0.478 e. The highest BCUT2D eigenvalue weighted by Gasteiger charge is 2.36. The number of carboxylic acid groups (broad SMARTS) is 1. The molecule has 2 N–H and O–H groups in total. The second-order valence-corrected chi connectivity index (χ2v) is 7.96. The molecule has 1 aliphatic heterocycles. The van der Waals surface area contributed by atoms with Crippen molar-refractivity contribution in [3.63, 3.8) is 0 Å². The van der Waals surface area contributed by atoms with Gasteiger partial charge in [0, 0.05) is 13.0 Å². The minimum atomic E-state index is -3.21. The van der Waals surface area contributed by atoms with Gasteiger partial charge in [-0.05, 0) is 67.5 Å². The van der Waals surface area contributed by atoms with Crippen LogP contribution in [0.2, 0.25) is 0 Å². The van der Waals surface area contributed by atoms with Crippen molar-refractivity contribution >= 4 is 11.9 Å². The summed E-state index contributed by atoms with van der Waals surface area (Å²) in [6.45, 7) is 0.598. The molecule has 1 aliphatic carbocycles. The van der Waals surface area contributed by atoms with Gasteiger partial charge in [-0.2, -0.15) is 8.78 Å². The van der Waals surface area contributed by atoms with Gasteiger partial charge >= 0.3 is 5.97 Å². The summed E-state index contributed by atoms with van der Waals surface area (Å²) >= 11 is 0. The van der Waals surface area contributed by atoms with E-state index in [0.29, 0.717) is 37.8 Å². The quantitative estimate of drug-likeness (QED) is 0.576. The molecule has 0 saturated carbocycles. The number of nitrogens with zero attached hydrogens (tertiary/aromatic N) is 1. The first-order valence-corrected chi connectivity index (χ1v) is 10.5. The van der Waals surface area contributed by atoms with Crippen molar-refractivity contribution in [3.05, 3.63) is 71.3 Å². The fourth-order valence-electron chi connectivity index (χ4n) is 3.92. The Balaban J connectivity index is 1.47. The maximum Gasteiger partial charge on any atom is 0.335 e. The van der Waals surface area contributed by atoms with Crippen LogP contribution in [0.3, 0.4) is 0 Å². The van der Waals surface area contributed by atoms with Crippen molar-refractivity contribution in [1.29, 1.82) is 0 Å². The SMILES string of the molecule is O=C(O)c1cccc(CCCN2C(=O)CC[C@@H]2/C=C/CCC2=CC(O)C(F)(F)C=C2)c1. The highest BCUT2D eigenvalue weighted by molar-refractivity contribution is 5.87. The molecular formula is C24H27F2NO4. The minimum Gasteiger partial charge on any atom is -0.478 e. The number of rotatable bonds is 9. The number of carbonyl (C=O) groups excluding carboxylic acids is 1. The van der Waals surface area contributed by atoms with E-state index in [1.54, 1.807) is 18.2 Å². The number of hydrogen-bond acceptors (Lipinski definition) is 3. The number of alkyl halides is 2. The van der Waals surface area contributed by atoms with E-state index in [1.165, 1.54) is 12.2 Å². The van der Waals surface area contributed by atoms with E-state index in [0.717, 1.165) is 24.5 Å². The zero-order valence-electron chi connectivity index (χ0n) is 17.2. The molecule has 0 spiro atoms. The third kappa shape index (κ3) is 6.10. The molecule has 1 amide bonds. The van der Waals surface area contributed by atoms with Crippen molar-refractivity contribution in [2.45, 2.75) is 56.6 Å². The van der Waals surface area contributed by atoms with Crippen molar-refractivity contribution in [3.8, 4) is 0 Å². The number of carbonyl (C=O) groups is 2. The lowest BCUT2D eigenvalue weighted by Crippen LogP contribution is -2.32. The van der Waals surface area contributed by atoms with E-state index in [4.69, 9.17) is 5.11 Å². The average Bonchev–Trinajstić information content (AvgIpc) is 3.08. The van der Waals surface area contributed by atoms with Crippen LogP contribution in [-0.2, 0) is 11.2 Å². The van der Waals surface area contributed by atoms with E-state index in [9.17, 15) is 23.5 Å². The third-order valence-electron chi connectivity index (χ3n) is 5.66. The van der Waals surface area contributed by atoms with E-state index in [-0.39, 0.29) is 17.5 Å². The molecule has 1 unspecified atom stereocenters. The number of hydrogen-bond donors (Lipinski definition) is 2. The Morgan fingerprint density at radius 1 is 1.29 bits per heavy atom. The molecule has 5 nitrogen and oxygen atoms in total. The summed E-state index contributed by atoms with van der Waals surface area (Å²) in [5, 5.41) is 18.5. The summed E-state index contributed by atoms with van der Waals surface area (Å²) in [4.78, 5) is 25.2. The van der Waals surface area contributed by atoms with Gasteiger partial charge in [0.15, 0.2) is 0 Å². The van der Waals surface area contributed by atoms with Gasteiger partial charge in [0.05, 0.1) is 11.6 Å². The van der Waals surface area contributed by atoms with Crippen LogP contribution >= 0.6 is 0 Å². The number of aromatic carboxylic acids is 1. The lowest BCUT2D eigenvalue weighted by Gasteiger charge is -2.22. The second-order valence-electron chi connectivity index (χ2n) is 7.96. The molecule has 1 aromatic carbocycles. The van der Waals surface area contributed by atoms with Gasteiger partial charge in [0.1, 0.15) is 6.10 Å². The first-order chi connectivity index (χ1) is 14.8. The monoisotopic (exact) mass is 431 g/mol. The number of amides is 1. The summed E-state index contributed by atoms with van der Waals surface area (Å²) in [5.41, 5.74) is 1.86. The lowest BCUT2D eigenvalue weighted by atomic mass is 9.98. The van der Waals surface area contributed by atoms with Crippen LogP contribution < -0.4 is 0 Å². The number of aliphatic hydroxyl groups excluding tert-OH is 1. The van der Waals surface area contributed by atoms with Gasteiger partial charge < -0.3 is 15.1 Å². The third-order valence-corrected chi connectivity index (χ3v) is 5.66. The molecule has 1 saturated heterocycles. The topological polar surface area (TPSA) is 77.8 Å². The van der Waals surface area contributed by atoms with Gasteiger partial charge in [-0.15, -0.1) is 0 Å². The average molecular weight is 431 g/mol. The zero-order valence-corrected chi connectivity index (χ0v) is 17.2. The summed E-state index contributed by atoms with van der Waals surface area (Å²) in [6, 6.07) is 6.84. The Hall–Kier alpha value is -2.80. The first-order valence-electron chi connectivity index (χ1n) is 10.5. The smallest absolute Gasteiger partial charge is 0.335 e. The van der Waals surface area contributed by atoms with Crippen molar-refractivity contribution in [2.24, 2.45) is 0 Å². The molecule has 0 aromatic heterocycles. The summed E-state index contributed by atoms with van der Waals surface area (Å²) < 4.78 is 26.5. The van der Waals surface area contributed by atoms with E-state index in [1.807, 2.05) is 23.1 Å². The molecule has 0 radical (unpaired) electrons. The number of halogens is 2. The van der Waals surface area contributed by atoms with Crippen LogP contribution in [0.25, 0.3) is 0 Å². The van der Waals surface area contributed by atoms with Gasteiger partial charge in [0.2, 0.25) is 5.91 Å². The molecule has 2 aliphatic rings. The van der Waals surface area contributed by atoms with Crippen LogP contribution in [0, 0.1) is 0 Å². The highest BCUT2D eigenvalue weighted by atomic mass is 19.3. The second kappa shape index (κ2) is 10.0. The number of carboxylic acids is 1. The van der Waals surface area contributed by atoms with E-state index >= 15 is 0 Å². The van der Waals surface area contributed by atoms with Gasteiger partial charge in [-0.1, -0.05) is 30.4 Å². The van der Waals surface area contributed by atoms with E-state index in [2.05, 4.69) is 0 Å². The predicted molar refractivity (Wildman–Crippen MR) is 113 cm³/mol. The fourth-order valence-corrected chi connectivity index (χ4v) is 3.92. The Kier molecular flexibility index (Phi) is 7.38. The number of aryl methyl sites for hydroxylation is 1. The number of likely N-dealkylation sites (tertiary alicyclic amines) is 1. The maximum absolute atomic E-state index is 13.3. The molecule has 31 heavy (non-hydrogen) atoms. The Labute approximate surface area is 180 Å². The molecule has 166 valence electrons. The number of allylic oxidation sites excluding steroid dienone is 3. The summed E-state index contributed by atoms with van der Waals surface area (Å²) in [5.74, 6) is -4.05. The van der Waals surface area contributed by atoms with Gasteiger partial charge in [-0.3, -0.25) is 4.79 Å². The zero-order chi connectivity index (χ0) is 22.4. The van der Waals surface area contributed by atoms with Gasteiger partial charge in [-0.25, -0.2) is 4.79 Å². The molecular weight excluding hydrogens is 404 g/mol. The van der Waals surface area contributed by atoms with Crippen LogP contribution in [0.15, 0.2) is 60.2 Å². The maximum atomic E-state index is 13.3. The fraction of sp³-hybridized carbons (Fsp3) is 0.417. The first kappa shape index (κ1) is 22.9. The minimum absolute atomic E-state index is 0.0173. The molecule has 1 fully saturated rings. The molecule has 2 atom stereocenters. The van der Waals surface area contributed by atoms with Crippen LogP contribution in [-0.4, -0.2) is 51.6 Å². The molecule has 0 bridgehead atoms. The van der Waals surface area contributed by atoms with E-state index < -0.39 is 18.0 Å². The van der Waals surface area contributed by atoms with Crippen LogP contribution in [0.5, 0.6) is 0 Å². The molecule has 7 heteroatoms. The van der Waals surface area contributed by atoms with Crippen molar-refractivity contribution in [2.75, 3.05) is 6.54 Å². The number of aliphatic hydroxyl groups is 1. The Bertz CT molecular complexity index is 907. The molecule has 3 rings (SSSR count). The predicted octanol–water partition coefficient (Wildman–Crippen LogP) is 4.14. The normalized spacial score (nSPS) is 22.9. The van der Waals surface area contributed by atoms with Crippen LogP contribution in [0.1, 0.15) is 48.0 Å². The Morgan fingerprint density at radius 3 is 2.84 bits per heavy atom. The number of benzene rings is 1. The molecule has 1 aromatic rings. The molecule has 1 heterocycles. The summed E-state index contributed by atoms with van der Waals surface area (Å²) in [7, 11) is 0. The van der Waals surface area contributed by atoms with Crippen LogP contribution in [0.4, 0.5) is 8.78 Å². The summed E-state index contributed by atoms with van der Waals surface area (Å²) in [6.07, 6.45) is 9.30. The Morgan fingerprint density at radius 2 is 2.10 bits per heavy atom. The van der Waals surface area contributed by atoms with Gasteiger partial charge in [0.25, 0.3) is 5.92 Å². The van der Waals surface area contributed by atoms with Crippen molar-refractivity contribution < 1.29 is 28.6 Å². The lowest BCUT2D eigenvalue weighted by molar-refractivity contribution is -0.128. The highest BCUT2D eigenvalue weighted by Crippen LogP contribution is 2.28. The standard InChI is InChI=1S/C24H27F2NO4/c25-24(26)13-12-18(16-21(24)28)5-1-2-9-20-10-11-22(29)27(20)14-4-7-17-6-3-8-19(15-17)23(30)31/h2-3,6,8-9,12-13,15-16,20-21,28H,1,4-5,7,10-11,14H2,(H,30,31)/b9-2+/t20-,21?/m0/s1. The van der Waals surface area contributed by atoms with Crippen molar-refractivity contribution in [1.82, 2.24) is 4.90 Å².